The molecular weight excluding hydrogens is 480 g/mol. The number of fused-ring (bicyclic) bond motifs is 9. The van der Waals surface area contributed by atoms with Gasteiger partial charge in [-0.2, -0.15) is 0 Å². The topological polar surface area (TPSA) is 46.8 Å². The third kappa shape index (κ3) is 2.36. The summed E-state index contributed by atoms with van der Waals surface area (Å²) < 4.78 is 0. The summed E-state index contributed by atoms with van der Waals surface area (Å²) >= 11 is 0. The Morgan fingerprint density at radius 2 is 1.03 bits per heavy atom. The zero-order chi connectivity index (χ0) is 25.2. The summed E-state index contributed by atoms with van der Waals surface area (Å²) in [6.07, 6.45) is 4.24. The van der Waals surface area contributed by atoms with Crippen LogP contribution in [0.4, 0.5) is 28.4 Å². The molecule has 0 bridgehead atoms. The van der Waals surface area contributed by atoms with Crippen molar-refractivity contribution in [3.05, 3.63) is 101 Å². The smallest absolute Gasteiger partial charge is 0.225 e. The average Bonchev–Trinajstić information content (AvgIpc) is 2.98. The standard InChI is InChI=1S/C33H20N6/c1-7-19-10-4-16-25-28(19)22(13-1)34-31-37(25)32-35-24-15-3-9-21-12-6-18-27(30(21)24)39(32)33-36-23-14-2-8-20-11-5-17-26(29(20)23)38(31)33/h1-2,4-14,16-18H,3,15H2. The van der Waals surface area contributed by atoms with Gasteiger partial charge in [0.25, 0.3) is 0 Å². The summed E-state index contributed by atoms with van der Waals surface area (Å²) in [4.78, 5) is 22.7. The van der Waals surface area contributed by atoms with Gasteiger partial charge < -0.3 is 0 Å². The van der Waals surface area contributed by atoms with E-state index in [1.165, 1.54) is 21.2 Å². The van der Waals surface area contributed by atoms with Gasteiger partial charge >= 0.3 is 0 Å². The highest BCUT2D eigenvalue weighted by atomic mass is 15.6. The van der Waals surface area contributed by atoms with Gasteiger partial charge in [0.05, 0.1) is 34.1 Å². The van der Waals surface area contributed by atoms with Gasteiger partial charge in [0.2, 0.25) is 17.9 Å². The largest absolute Gasteiger partial charge is 0.248 e. The van der Waals surface area contributed by atoms with E-state index in [0.29, 0.717) is 0 Å². The number of hydrogen-bond acceptors (Lipinski definition) is 6. The van der Waals surface area contributed by atoms with E-state index < -0.39 is 0 Å². The van der Waals surface area contributed by atoms with Crippen molar-refractivity contribution in [2.75, 3.05) is 14.7 Å². The van der Waals surface area contributed by atoms with Gasteiger partial charge in [0, 0.05) is 16.0 Å². The summed E-state index contributed by atoms with van der Waals surface area (Å²) in [6.45, 7) is 0. The Morgan fingerprint density at radius 1 is 0.513 bits per heavy atom. The van der Waals surface area contributed by atoms with Crippen molar-refractivity contribution in [3.63, 3.8) is 0 Å². The molecule has 5 aromatic rings. The Bertz CT molecular complexity index is 2200. The molecule has 0 saturated carbocycles. The van der Waals surface area contributed by atoms with Gasteiger partial charge in [-0.1, -0.05) is 66.7 Å². The summed E-state index contributed by atoms with van der Waals surface area (Å²) in [5, 5.41) is 7.07. The number of aliphatic imine (C=N–C) groups is 3. The third-order valence-corrected chi connectivity index (χ3v) is 8.43. The van der Waals surface area contributed by atoms with Crippen LogP contribution in [-0.4, -0.2) is 17.9 Å². The van der Waals surface area contributed by atoms with E-state index in [0.717, 1.165) is 75.6 Å². The van der Waals surface area contributed by atoms with Crippen molar-refractivity contribution in [1.29, 1.82) is 0 Å². The first-order chi connectivity index (χ1) is 19.3. The highest BCUT2D eigenvalue weighted by molar-refractivity contribution is 6.49. The van der Waals surface area contributed by atoms with E-state index in [1.807, 2.05) is 0 Å². The van der Waals surface area contributed by atoms with Gasteiger partial charge in [-0.3, -0.25) is 0 Å². The lowest BCUT2D eigenvalue weighted by Crippen LogP contribution is -2.69. The van der Waals surface area contributed by atoms with E-state index in [2.05, 4.69) is 112 Å². The molecule has 5 aliphatic rings. The van der Waals surface area contributed by atoms with Gasteiger partial charge in [0.1, 0.15) is 0 Å². The zero-order valence-corrected chi connectivity index (χ0v) is 20.8. The van der Waals surface area contributed by atoms with Crippen molar-refractivity contribution >= 4 is 79.6 Å². The number of benzene rings is 5. The van der Waals surface area contributed by atoms with Gasteiger partial charge in [-0.05, 0) is 59.2 Å². The lowest BCUT2D eigenvalue weighted by atomic mass is 9.99. The number of hydrogen-bond donors (Lipinski definition) is 0. The molecule has 10 rings (SSSR count). The molecule has 6 nitrogen and oxygen atoms in total. The first-order valence-electron chi connectivity index (χ1n) is 13.4. The minimum Gasteiger partial charge on any atom is -0.248 e. The Hall–Kier alpha value is -5.23. The maximum atomic E-state index is 5.39. The van der Waals surface area contributed by atoms with E-state index in [-0.39, 0.29) is 0 Å². The molecule has 1 fully saturated rings. The minimum absolute atomic E-state index is 0.805. The molecule has 0 radical (unpaired) electrons. The summed E-state index contributed by atoms with van der Waals surface area (Å²) in [5.74, 6) is 2.44. The van der Waals surface area contributed by atoms with Gasteiger partial charge in [-0.15, -0.1) is 0 Å². The van der Waals surface area contributed by atoms with Crippen LogP contribution in [0, 0.1) is 0 Å². The molecule has 0 spiro atoms. The zero-order valence-electron chi connectivity index (χ0n) is 20.8. The van der Waals surface area contributed by atoms with Crippen LogP contribution in [0.1, 0.15) is 12.8 Å². The first-order valence-corrected chi connectivity index (χ1v) is 13.4. The highest BCUT2D eigenvalue weighted by Crippen LogP contribution is 2.47. The molecular formula is C33H20N6. The van der Waals surface area contributed by atoms with Crippen molar-refractivity contribution < 1.29 is 0 Å². The Labute approximate surface area is 223 Å². The summed E-state index contributed by atoms with van der Waals surface area (Å²) in [5.41, 5.74) is 6.34. The number of anilines is 3. The van der Waals surface area contributed by atoms with E-state index in [1.54, 1.807) is 0 Å². The van der Waals surface area contributed by atoms with Crippen molar-refractivity contribution in [1.82, 2.24) is 0 Å². The highest BCUT2D eigenvalue weighted by Gasteiger charge is 2.47. The second kappa shape index (κ2) is 6.79. The molecule has 0 atom stereocenters. The second-order valence-electron chi connectivity index (χ2n) is 10.5. The molecule has 0 N–H and O–H groups in total. The molecule has 4 heterocycles. The molecule has 6 heteroatoms. The van der Waals surface area contributed by atoms with Crippen LogP contribution < -0.4 is 25.1 Å². The minimum atomic E-state index is 0.805. The fourth-order valence-electron chi connectivity index (χ4n) is 6.84. The monoisotopic (exact) mass is 500 g/mol. The maximum absolute atomic E-state index is 5.39. The Kier molecular flexibility index (Phi) is 3.45. The van der Waals surface area contributed by atoms with Crippen LogP contribution in [0.5, 0.6) is 0 Å². The number of guanidine groups is 3. The van der Waals surface area contributed by atoms with Crippen LogP contribution in [0.3, 0.4) is 0 Å². The predicted octanol–water partition coefficient (Wildman–Crippen LogP) is 5.88. The van der Waals surface area contributed by atoms with Crippen molar-refractivity contribution in [2.45, 2.75) is 12.8 Å². The maximum Gasteiger partial charge on any atom is 0.225 e. The third-order valence-electron chi connectivity index (χ3n) is 8.43. The summed E-state index contributed by atoms with van der Waals surface area (Å²) in [7, 11) is 0. The lowest BCUT2D eigenvalue weighted by molar-refractivity contribution is 1.02. The molecule has 0 amide bonds. The lowest BCUT2D eigenvalue weighted by Gasteiger charge is -2.49. The van der Waals surface area contributed by atoms with Crippen LogP contribution in [0.15, 0.2) is 106 Å². The summed E-state index contributed by atoms with van der Waals surface area (Å²) in [6, 6.07) is 32.2. The van der Waals surface area contributed by atoms with E-state index in [4.69, 9.17) is 15.0 Å². The Morgan fingerprint density at radius 3 is 1.67 bits per heavy atom. The molecule has 1 saturated heterocycles. The fraction of sp³-hybridized carbons (Fsp3) is 0.0606. The van der Waals surface area contributed by atoms with E-state index in [9.17, 15) is 0 Å². The molecule has 182 valence electrons. The predicted molar refractivity (Wildman–Crippen MR) is 160 cm³/mol. The molecule has 5 aromatic carbocycles. The molecule has 4 aliphatic heterocycles. The van der Waals surface area contributed by atoms with Gasteiger partial charge in [0.15, 0.2) is 0 Å². The van der Waals surface area contributed by atoms with Crippen LogP contribution in [0.25, 0.3) is 33.3 Å². The van der Waals surface area contributed by atoms with Crippen molar-refractivity contribution in [2.24, 2.45) is 15.0 Å². The number of rotatable bonds is 0. The normalized spacial score (nSPS) is 17.5. The van der Waals surface area contributed by atoms with Crippen LogP contribution in [-0.2, 0) is 0 Å². The van der Waals surface area contributed by atoms with Crippen LogP contribution in [0.2, 0.25) is 0 Å². The SMILES string of the molecule is C1=c2cccc3c2=C(CC1)N=C1N3C2=Nc3cccc4cccc(c34)N2C2=Nc3cccc4cccc(c34)N12. The average molecular weight is 501 g/mol. The van der Waals surface area contributed by atoms with Crippen molar-refractivity contribution in [3.8, 4) is 0 Å². The quantitative estimate of drug-likeness (QED) is 0.267. The van der Waals surface area contributed by atoms with Gasteiger partial charge in [-0.25, -0.2) is 29.7 Å². The molecule has 1 aliphatic carbocycles. The molecule has 39 heavy (non-hydrogen) atoms. The van der Waals surface area contributed by atoms with E-state index >= 15 is 0 Å². The fourth-order valence-corrected chi connectivity index (χ4v) is 6.84. The Balaban J connectivity index is 1.38. The first kappa shape index (κ1) is 19.8. The molecule has 0 unspecified atom stereocenters. The molecule has 0 aromatic heterocycles. The van der Waals surface area contributed by atoms with Crippen LogP contribution >= 0.6 is 0 Å². The number of nitrogens with zero attached hydrogens (tertiary/aromatic N) is 6. The second-order valence-corrected chi connectivity index (χ2v) is 10.5.